The molecule has 0 fully saturated rings. The van der Waals surface area contributed by atoms with Crippen LogP contribution in [0, 0.1) is 6.92 Å². The summed E-state index contributed by atoms with van der Waals surface area (Å²) in [5.74, 6) is 0. The molecular weight excluding hydrogens is 332 g/mol. The average molecular weight is 345 g/mol. The van der Waals surface area contributed by atoms with E-state index in [2.05, 4.69) is 45.2 Å². The number of hydrogen-bond donors (Lipinski definition) is 1. The first-order valence-corrected chi connectivity index (χ1v) is 7.83. The molecule has 0 spiro atoms. The van der Waals surface area contributed by atoms with Gasteiger partial charge in [0.05, 0.1) is 0 Å². The lowest BCUT2D eigenvalue weighted by molar-refractivity contribution is 1.22. The van der Waals surface area contributed by atoms with Crippen LogP contribution in [0.15, 0.2) is 62.9 Å². The molecule has 1 aromatic heterocycles. The molecule has 100 valence electrons. The van der Waals surface area contributed by atoms with Gasteiger partial charge in [-0.1, -0.05) is 23.9 Å². The summed E-state index contributed by atoms with van der Waals surface area (Å²) in [6.45, 7) is 2.00. The van der Waals surface area contributed by atoms with Crippen LogP contribution in [-0.4, -0.2) is 4.98 Å². The Hall–Kier alpha value is -1.52. The molecule has 0 aliphatic heterocycles. The first-order valence-electron chi connectivity index (χ1n) is 6.22. The largest absolute Gasteiger partial charge is 0.398 e. The van der Waals surface area contributed by atoms with Crippen molar-refractivity contribution in [2.24, 2.45) is 0 Å². The molecule has 0 aliphatic rings. The molecule has 2 aromatic carbocycles. The smallest absolute Gasteiger partial charge is 0.0410 e. The highest BCUT2D eigenvalue weighted by Gasteiger charge is 2.08. The van der Waals surface area contributed by atoms with Crippen molar-refractivity contribution in [3.63, 3.8) is 0 Å². The van der Waals surface area contributed by atoms with E-state index >= 15 is 0 Å². The van der Waals surface area contributed by atoms with Gasteiger partial charge >= 0.3 is 0 Å². The quantitative estimate of drug-likeness (QED) is 0.662. The van der Waals surface area contributed by atoms with Gasteiger partial charge < -0.3 is 5.73 Å². The van der Waals surface area contributed by atoms with Crippen LogP contribution in [0.4, 0.5) is 5.69 Å². The van der Waals surface area contributed by atoms with Crippen molar-refractivity contribution in [1.29, 1.82) is 0 Å². The van der Waals surface area contributed by atoms with E-state index in [0.29, 0.717) is 0 Å². The summed E-state index contributed by atoms with van der Waals surface area (Å²) in [6.07, 6.45) is 1.85. The Kier molecular flexibility index (Phi) is 3.68. The molecule has 1 heterocycles. The zero-order chi connectivity index (χ0) is 14.1. The maximum Gasteiger partial charge on any atom is 0.0410 e. The molecule has 2 N–H and O–H groups in total. The van der Waals surface area contributed by atoms with Crippen molar-refractivity contribution in [2.45, 2.75) is 16.7 Å². The maximum atomic E-state index is 6.04. The highest BCUT2D eigenvalue weighted by atomic mass is 79.9. The third-order valence-corrected chi connectivity index (χ3v) is 5.19. The molecule has 2 nitrogen and oxygen atoms in total. The summed E-state index contributed by atoms with van der Waals surface area (Å²) in [5.41, 5.74) is 7.80. The lowest BCUT2D eigenvalue weighted by atomic mass is 10.1. The Morgan fingerprint density at radius 2 is 1.85 bits per heavy atom. The zero-order valence-electron chi connectivity index (χ0n) is 10.9. The number of nitrogens with two attached hydrogens (primary N) is 1. The van der Waals surface area contributed by atoms with Crippen LogP contribution in [0.5, 0.6) is 0 Å². The summed E-state index contributed by atoms with van der Waals surface area (Å²) in [4.78, 5) is 6.71. The fourth-order valence-corrected chi connectivity index (χ4v) is 3.57. The van der Waals surface area contributed by atoms with Crippen LogP contribution in [0.2, 0.25) is 0 Å². The summed E-state index contributed by atoms with van der Waals surface area (Å²) < 4.78 is 1.10. The number of aryl methyl sites for hydroxylation is 1. The number of nitrogen functional groups attached to an aromatic ring is 1. The SMILES string of the molecule is Cc1cc2c(Sc3ccccc3Br)ccc(N)c2cn1. The van der Waals surface area contributed by atoms with Crippen LogP contribution < -0.4 is 5.73 Å². The van der Waals surface area contributed by atoms with Gasteiger partial charge in [-0.25, -0.2) is 0 Å². The van der Waals surface area contributed by atoms with E-state index < -0.39 is 0 Å². The second-order valence-electron chi connectivity index (χ2n) is 4.56. The van der Waals surface area contributed by atoms with Crippen molar-refractivity contribution in [2.75, 3.05) is 5.73 Å². The molecule has 0 unspecified atom stereocenters. The molecule has 4 heteroatoms. The number of anilines is 1. The highest BCUT2D eigenvalue weighted by molar-refractivity contribution is 9.10. The molecule has 0 aliphatic carbocycles. The average Bonchev–Trinajstić information content (AvgIpc) is 2.44. The summed E-state index contributed by atoms with van der Waals surface area (Å²) in [5, 5.41) is 2.16. The van der Waals surface area contributed by atoms with E-state index in [1.54, 1.807) is 11.8 Å². The van der Waals surface area contributed by atoms with E-state index in [9.17, 15) is 0 Å². The van der Waals surface area contributed by atoms with Crippen molar-refractivity contribution in [3.8, 4) is 0 Å². The van der Waals surface area contributed by atoms with Crippen LogP contribution in [0.1, 0.15) is 5.69 Å². The van der Waals surface area contributed by atoms with Gasteiger partial charge in [0.15, 0.2) is 0 Å². The number of benzene rings is 2. The monoisotopic (exact) mass is 344 g/mol. The summed E-state index contributed by atoms with van der Waals surface area (Å²) >= 11 is 5.32. The van der Waals surface area contributed by atoms with Crippen LogP contribution in [-0.2, 0) is 0 Å². The van der Waals surface area contributed by atoms with Gasteiger partial charge in [-0.3, -0.25) is 4.98 Å². The first kappa shape index (κ1) is 13.5. The molecule has 0 radical (unpaired) electrons. The third kappa shape index (κ3) is 2.53. The molecule has 0 atom stereocenters. The van der Waals surface area contributed by atoms with Gasteiger partial charge in [0.2, 0.25) is 0 Å². The zero-order valence-corrected chi connectivity index (χ0v) is 13.3. The van der Waals surface area contributed by atoms with Crippen LogP contribution >= 0.6 is 27.7 Å². The fourth-order valence-electron chi connectivity index (χ4n) is 2.07. The number of nitrogens with zero attached hydrogens (tertiary/aromatic N) is 1. The second kappa shape index (κ2) is 5.46. The summed E-state index contributed by atoms with van der Waals surface area (Å²) in [6, 6.07) is 14.3. The minimum absolute atomic E-state index is 0.768. The Labute approximate surface area is 130 Å². The third-order valence-electron chi connectivity index (χ3n) is 3.09. The van der Waals surface area contributed by atoms with Crippen molar-refractivity contribution in [1.82, 2.24) is 4.98 Å². The molecule has 20 heavy (non-hydrogen) atoms. The Bertz CT molecular complexity index is 787. The van der Waals surface area contributed by atoms with Gasteiger partial charge in [0.1, 0.15) is 0 Å². The molecule has 0 amide bonds. The maximum absolute atomic E-state index is 6.04. The van der Waals surface area contributed by atoms with Gasteiger partial charge in [-0.15, -0.1) is 0 Å². The summed E-state index contributed by atoms with van der Waals surface area (Å²) in [7, 11) is 0. The lowest BCUT2D eigenvalue weighted by Crippen LogP contribution is -1.91. The van der Waals surface area contributed by atoms with Gasteiger partial charge in [-0.2, -0.15) is 0 Å². The molecular formula is C16H13BrN2S. The topological polar surface area (TPSA) is 38.9 Å². The predicted octanol–water partition coefficient (Wildman–Crippen LogP) is 5.04. The Morgan fingerprint density at radius 3 is 2.65 bits per heavy atom. The van der Waals surface area contributed by atoms with Crippen molar-refractivity contribution < 1.29 is 0 Å². The first-order chi connectivity index (χ1) is 9.65. The van der Waals surface area contributed by atoms with E-state index in [0.717, 1.165) is 26.6 Å². The number of pyridine rings is 1. The molecule has 3 rings (SSSR count). The van der Waals surface area contributed by atoms with Crippen molar-refractivity contribution in [3.05, 3.63) is 58.8 Å². The molecule has 0 saturated heterocycles. The van der Waals surface area contributed by atoms with Crippen molar-refractivity contribution >= 4 is 44.2 Å². The predicted molar refractivity (Wildman–Crippen MR) is 89.2 cm³/mol. The van der Waals surface area contributed by atoms with E-state index in [-0.39, 0.29) is 0 Å². The normalized spacial score (nSPS) is 10.9. The van der Waals surface area contributed by atoms with Gasteiger partial charge in [0.25, 0.3) is 0 Å². The second-order valence-corrected chi connectivity index (χ2v) is 6.49. The Morgan fingerprint density at radius 1 is 1.05 bits per heavy atom. The standard InChI is InChI=1S/C16H13BrN2S/c1-10-8-11-12(9-19-10)14(18)6-7-15(11)20-16-5-3-2-4-13(16)17/h2-9H,18H2,1H3. The molecule has 0 bridgehead atoms. The number of hydrogen-bond acceptors (Lipinski definition) is 3. The lowest BCUT2D eigenvalue weighted by Gasteiger charge is -2.10. The minimum Gasteiger partial charge on any atom is -0.398 e. The van der Waals surface area contributed by atoms with Crippen LogP contribution in [0.3, 0.4) is 0 Å². The van der Waals surface area contributed by atoms with E-state index in [1.165, 1.54) is 9.79 Å². The van der Waals surface area contributed by atoms with E-state index in [4.69, 9.17) is 5.73 Å². The number of halogens is 1. The molecule has 3 aromatic rings. The highest BCUT2D eigenvalue weighted by Crippen LogP contribution is 2.38. The number of rotatable bonds is 2. The molecule has 0 saturated carbocycles. The Balaban J connectivity index is 2.15. The number of aromatic nitrogens is 1. The van der Waals surface area contributed by atoms with E-state index in [1.807, 2.05) is 31.3 Å². The minimum atomic E-state index is 0.768. The fraction of sp³-hybridized carbons (Fsp3) is 0.0625. The van der Waals surface area contributed by atoms with Crippen LogP contribution in [0.25, 0.3) is 10.8 Å². The number of fused-ring (bicyclic) bond motifs is 1. The van der Waals surface area contributed by atoms with Gasteiger partial charge in [0, 0.05) is 42.6 Å². The van der Waals surface area contributed by atoms with Gasteiger partial charge in [-0.05, 0) is 53.2 Å².